The first-order chi connectivity index (χ1) is 15.6. The lowest BCUT2D eigenvalue weighted by atomic mass is 10.1. The van der Waals surface area contributed by atoms with E-state index >= 15 is 0 Å². The van der Waals surface area contributed by atoms with Gasteiger partial charge in [-0.15, -0.1) is 11.8 Å². The Kier molecular flexibility index (Phi) is 6.94. The van der Waals surface area contributed by atoms with Gasteiger partial charge in [-0.1, -0.05) is 18.2 Å². The van der Waals surface area contributed by atoms with Crippen LogP contribution in [-0.2, 0) is 9.53 Å². The summed E-state index contributed by atoms with van der Waals surface area (Å²) in [6, 6.07) is 12.2. The van der Waals surface area contributed by atoms with Crippen LogP contribution in [0.25, 0.3) is 0 Å². The van der Waals surface area contributed by atoms with Crippen LogP contribution in [-0.4, -0.2) is 83.0 Å². The molecule has 2 fully saturated rings. The molecular weight excluding hydrogens is 428 g/mol. The molecule has 3 heterocycles. The molecule has 2 amide bonds. The van der Waals surface area contributed by atoms with Gasteiger partial charge in [0.05, 0.1) is 18.0 Å². The number of carbonyl (C=O) groups excluding carboxylic acids is 3. The highest BCUT2D eigenvalue weighted by Gasteiger charge is 2.38. The van der Waals surface area contributed by atoms with E-state index in [1.807, 2.05) is 23.1 Å². The SMILES string of the molecule is CCOC(=O)c1ccc(N2CCN(C(=O)C3CSCN3C(=O)c3ccccc3)CC2)nc1. The minimum atomic E-state index is -0.429. The van der Waals surface area contributed by atoms with Gasteiger partial charge in [-0.3, -0.25) is 9.59 Å². The molecule has 2 saturated heterocycles. The summed E-state index contributed by atoms with van der Waals surface area (Å²) in [7, 11) is 0. The van der Waals surface area contributed by atoms with Crippen molar-refractivity contribution in [2.45, 2.75) is 13.0 Å². The molecule has 2 aliphatic heterocycles. The molecule has 0 N–H and O–H groups in total. The molecule has 1 aromatic heterocycles. The Morgan fingerprint density at radius 1 is 1.03 bits per heavy atom. The van der Waals surface area contributed by atoms with Crippen LogP contribution in [0.5, 0.6) is 0 Å². The quantitative estimate of drug-likeness (QED) is 0.640. The normalized spacial score (nSPS) is 18.5. The Bertz CT molecular complexity index is 962. The highest BCUT2D eigenvalue weighted by molar-refractivity contribution is 7.99. The number of piperazine rings is 1. The van der Waals surface area contributed by atoms with Crippen LogP contribution < -0.4 is 4.90 Å². The number of esters is 1. The van der Waals surface area contributed by atoms with E-state index in [1.54, 1.807) is 47.9 Å². The molecule has 0 aliphatic carbocycles. The molecule has 0 saturated carbocycles. The number of anilines is 1. The molecule has 0 bridgehead atoms. The summed E-state index contributed by atoms with van der Waals surface area (Å²) in [4.78, 5) is 47.9. The summed E-state index contributed by atoms with van der Waals surface area (Å²) >= 11 is 1.61. The average molecular weight is 455 g/mol. The van der Waals surface area contributed by atoms with Crippen LogP contribution in [0.2, 0.25) is 0 Å². The van der Waals surface area contributed by atoms with Gasteiger partial charge < -0.3 is 19.4 Å². The number of nitrogens with zero attached hydrogens (tertiary/aromatic N) is 4. The molecule has 168 valence electrons. The van der Waals surface area contributed by atoms with Gasteiger partial charge in [0.2, 0.25) is 5.91 Å². The Balaban J connectivity index is 1.35. The van der Waals surface area contributed by atoms with E-state index < -0.39 is 6.04 Å². The van der Waals surface area contributed by atoms with Gasteiger partial charge in [-0.2, -0.15) is 0 Å². The fraction of sp³-hybridized carbons (Fsp3) is 0.391. The predicted octanol–water partition coefficient (Wildman–Crippen LogP) is 2.12. The molecule has 1 unspecified atom stereocenters. The third-order valence-corrected chi connectivity index (χ3v) is 6.64. The minimum Gasteiger partial charge on any atom is -0.462 e. The van der Waals surface area contributed by atoms with E-state index in [-0.39, 0.29) is 17.8 Å². The third-order valence-electron chi connectivity index (χ3n) is 5.62. The second-order valence-corrected chi connectivity index (χ2v) is 8.59. The van der Waals surface area contributed by atoms with Gasteiger partial charge in [0.25, 0.3) is 5.91 Å². The van der Waals surface area contributed by atoms with Gasteiger partial charge in [-0.25, -0.2) is 9.78 Å². The van der Waals surface area contributed by atoms with Gasteiger partial charge >= 0.3 is 5.97 Å². The van der Waals surface area contributed by atoms with Gasteiger partial charge in [-0.05, 0) is 31.2 Å². The lowest BCUT2D eigenvalue weighted by Crippen LogP contribution is -2.55. The van der Waals surface area contributed by atoms with Crippen LogP contribution in [0.1, 0.15) is 27.6 Å². The first kappa shape index (κ1) is 22.1. The summed E-state index contributed by atoms with van der Waals surface area (Å²) in [6.45, 7) is 4.50. The number of carbonyl (C=O) groups is 3. The molecule has 8 nitrogen and oxygen atoms in total. The summed E-state index contributed by atoms with van der Waals surface area (Å²) < 4.78 is 4.99. The minimum absolute atomic E-state index is 0.00421. The van der Waals surface area contributed by atoms with Crippen LogP contribution >= 0.6 is 11.8 Å². The standard InChI is InChI=1S/C23H26N4O4S/c1-2-31-23(30)18-8-9-20(24-14-18)25-10-12-26(13-11-25)22(29)19-15-32-16-27(19)21(28)17-6-4-3-5-7-17/h3-9,14,19H,2,10-13,15-16H2,1H3. The molecule has 1 aromatic carbocycles. The first-order valence-corrected chi connectivity index (χ1v) is 11.8. The topological polar surface area (TPSA) is 83.0 Å². The van der Waals surface area contributed by atoms with Crippen molar-refractivity contribution in [1.82, 2.24) is 14.8 Å². The van der Waals surface area contributed by atoms with Crippen molar-refractivity contribution in [2.24, 2.45) is 0 Å². The Labute approximate surface area is 191 Å². The zero-order valence-electron chi connectivity index (χ0n) is 18.0. The van der Waals surface area contributed by atoms with Crippen molar-refractivity contribution in [3.05, 3.63) is 59.8 Å². The zero-order chi connectivity index (χ0) is 22.5. The van der Waals surface area contributed by atoms with Gasteiger partial charge in [0.15, 0.2) is 0 Å². The molecule has 4 rings (SSSR count). The first-order valence-electron chi connectivity index (χ1n) is 10.7. The monoisotopic (exact) mass is 454 g/mol. The molecule has 0 spiro atoms. The van der Waals surface area contributed by atoms with Crippen molar-refractivity contribution >= 4 is 35.4 Å². The van der Waals surface area contributed by atoms with Gasteiger partial charge in [0.1, 0.15) is 11.9 Å². The summed E-state index contributed by atoms with van der Waals surface area (Å²) in [6.07, 6.45) is 1.52. The lowest BCUT2D eigenvalue weighted by Gasteiger charge is -2.37. The van der Waals surface area contributed by atoms with E-state index in [9.17, 15) is 14.4 Å². The Morgan fingerprint density at radius 3 is 2.44 bits per heavy atom. The average Bonchev–Trinajstić information content (AvgIpc) is 3.34. The number of pyridine rings is 1. The Hall–Kier alpha value is -3.07. The second-order valence-electron chi connectivity index (χ2n) is 7.59. The summed E-state index contributed by atoms with van der Waals surface area (Å²) in [5, 5.41) is 0. The maximum atomic E-state index is 13.2. The smallest absolute Gasteiger partial charge is 0.339 e. The largest absolute Gasteiger partial charge is 0.462 e. The molecule has 0 radical (unpaired) electrons. The summed E-state index contributed by atoms with van der Waals surface area (Å²) in [5.74, 6) is 1.44. The maximum absolute atomic E-state index is 13.2. The number of hydrogen-bond donors (Lipinski definition) is 0. The zero-order valence-corrected chi connectivity index (χ0v) is 18.8. The number of rotatable bonds is 5. The second kappa shape index (κ2) is 10.0. The van der Waals surface area contributed by atoms with Crippen molar-refractivity contribution in [2.75, 3.05) is 49.3 Å². The highest BCUT2D eigenvalue weighted by atomic mass is 32.2. The van der Waals surface area contributed by atoms with E-state index in [4.69, 9.17) is 4.74 Å². The van der Waals surface area contributed by atoms with E-state index in [0.717, 1.165) is 5.82 Å². The molecule has 32 heavy (non-hydrogen) atoms. The number of hydrogen-bond acceptors (Lipinski definition) is 7. The van der Waals surface area contributed by atoms with Crippen molar-refractivity contribution in [3.8, 4) is 0 Å². The molecule has 2 aliphatic rings. The number of benzene rings is 1. The van der Waals surface area contributed by atoms with Crippen molar-refractivity contribution in [3.63, 3.8) is 0 Å². The number of aromatic nitrogens is 1. The van der Waals surface area contributed by atoms with E-state index in [2.05, 4.69) is 9.88 Å². The van der Waals surface area contributed by atoms with E-state index in [1.165, 1.54) is 6.20 Å². The van der Waals surface area contributed by atoms with Crippen LogP contribution in [0, 0.1) is 0 Å². The molecule has 2 aromatic rings. The van der Waals surface area contributed by atoms with Crippen LogP contribution in [0.15, 0.2) is 48.7 Å². The van der Waals surface area contributed by atoms with Crippen LogP contribution in [0.3, 0.4) is 0 Å². The number of ether oxygens (including phenoxy) is 1. The summed E-state index contributed by atoms with van der Waals surface area (Å²) in [5.41, 5.74) is 1.03. The predicted molar refractivity (Wildman–Crippen MR) is 123 cm³/mol. The van der Waals surface area contributed by atoms with Crippen molar-refractivity contribution < 1.29 is 19.1 Å². The lowest BCUT2D eigenvalue weighted by molar-refractivity contribution is -0.135. The molecule has 1 atom stereocenters. The maximum Gasteiger partial charge on any atom is 0.339 e. The third kappa shape index (κ3) is 4.72. The van der Waals surface area contributed by atoms with Crippen LogP contribution in [0.4, 0.5) is 5.82 Å². The Morgan fingerprint density at radius 2 is 1.78 bits per heavy atom. The number of thioether (sulfide) groups is 1. The fourth-order valence-corrected chi connectivity index (χ4v) is 5.01. The molecule has 9 heteroatoms. The fourth-order valence-electron chi connectivity index (χ4n) is 3.87. The molecular formula is C23H26N4O4S. The van der Waals surface area contributed by atoms with E-state index in [0.29, 0.717) is 55.5 Å². The number of amides is 2. The highest BCUT2D eigenvalue weighted by Crippen LogP contribution is 2.25. The van der Waals surface area contributed by atoms with Gasteiger partial charge in [0, 0.05) is 43.7 Å². The van der Waals surface area contributed by atoms with Crippen molar-refractivity contribution in [1.29, 1.82) is 0 Å².